The first-order valence-corrected chi connectivity index (χ1v) is 6.55. The number of rotatable bonds is 5. The summed E-state index contributed by atoms with van der Waals surface area (Å²) >= 11 is 5.80. The minimum absolute atomic E-state index is 0.183. The average molecular weight is 308 g/mol. The Balaban J connectivity index is 2.06. The molecule has 2 N–H and O–H groups in total. The molecule has 0 saturated heterocycles. The van der Waals surface area contributed by atoms with E-state index in [0.717, 1.165) is 0 Å². The number of halogens is 1. The minimum atomic E-state index is -0.761. The van der Waals surface area contributed by atoms with Crippen molar-refractivity contribution in [3.8, 4) is 0 Å². The topological polar surface area (TPSA) is 84.3 Å². The van der Waals surface area contributed by atoms with Crippen LogP contribution in [-0.2, 0) is 4.74 Å². The van der Waals surface area contributed by atoms with E-state index < -0.39 is 12.1 Å². The Kier molecular flexibility index (Phi) is 5.08. The predicted molar refractivity (Wildman–Crippen MR) is 78.3 cm³/mol. The number of carbonyl (C=O) groups excluding carboxylic acids is 1. The second kappa shape index (κ2) is 7.01. The molecule has 0 saturated carbocycles. The van der Waals surface area contributed by atoms with Crippen LogP contribution in [0.4, 0.5) is 5.82 Å². The first-order valence-electron chi connectivity index (χ1n) is 6.17. The fraction of sp³-hybridized carbons (Fsp3) is 0.214. The van der Waals surface area contributed by atoms with Gasteiger partial charge in [-0.1, -0.05) is 23.7 Å². The first-order chi connectivity index (χ1) is 10.1. The van der Waals surface area contributed by atoms with Gasteiger partial charge >= 0.3 is 5.97 Å². The number of ether oxygens (including phenoxy) is 1. The zero-order chi connectivity index (χ0) is 15.2. The summed E-state index contributed by atoms with van der Waals surface area (Å²) in [4.78, 5) is 19.3. The number of hydrogen-bond acceptors (Lipinski definition) is 6. The second-order valence-electron chi connectivity index (χ2n) is 4.22. The molecule has 1 atom stereocenters. The molecule has 1 aromatic carbocycles. The van der Waals surface area contributed by atoms with Gasteiger partial charge in [0.1, 0.15) is 17.7 Å². The number of anilines is 1. The Hall–Kier alpha value is -2.18. The van der Waals surface area contributed by atoms with Crippen molar-refractivity contribution in [2.75, 3.05) is 19.0 Å². The van der Waals surface area contributed by atoms with Crippen LogP contribution in [0.3, 0.4) is 0 Å². The van der Waals surface area contributed by atoms with E-state index >= 15 is 0 Å². The third-order valence-corrected chi connectivity index (χ3v) is 3.09. The van der Waals surface area contributed by atoms with Crippen molar-refractivity contribution in [2.24, 2.45) is 0 Å². The van der Waals surface area contributed by atoms with Gasteiger partial charge in [0.15, 0.2) is 0 Å². The molecule has 1 aromatic heterocycles. The van der Waals surface area contributed by atoms with Gasteiger partial charge in [-0.15, -0.1) is 0 Å². The van der Waals surface area contributed by atoms with Gasteiger partial charge in [0.2, 0.25) is 0 Å². The maximum Gasteiger partial charge on any atom is 0.343 e. The lowest BCUT2D eigenvalue weighted by molar-refractivity contribution is 0.0600. The molecule has 1 heterocycles. The number of aliphatic hydroxyl groups excluding tert-OH is 1. The van der Waals surface area contributed by atoms with Gasteiger partial charge in [-0.25, -0.2) is 14.8 Å². The molecule has 7 heteroatoms. The molecule has 0 aliphatic heterocycles. The van der Waals surface area contributed by atoms with E-state index in [1.165, 1.54) is 19.6 Å². The van der Waals surface area contributed by atoms with Crippen LogP contribution >= 0.6 is 11.6 Å². The lowest BCUT2D eigenvalue weighted by atomic mass is 10.1. The van der Waals surface area contributed by atoms with E-state index in [-0.39, 0.29) is 12.1 Å². The van der Waals surface area contributed by atoms with Crippen LogP contribution in [0.5, 0.6) is 0 Å². The minimum Gasteiger partial charge on any atom is -0.465 e. The zero-order valence-electron chi connectivity index (χ0n) is 11.3. The summed E-state index contributed by atoms with van der Waals surface area (Å²) < 4.78 is 4.65. The first kappa shape index (κ1) is 15.2. The lowest BCUT2D eigenvalue weighted by Crippen LogP contribution is -2.16. The highest BCUT2D eigenvalue weighted by atomic mass is 35.5. The predicted octanol–water partition coefficient (Wildman–Crippen LogP) is 2.06. The highest BCUT2D eigenvalue weighted by molar-refractivity contribution is 6.30. The number of nitrogens with zero attached hydrogens (tertiary/aromatic N) is 2. The summed E-state index contributed by atoms with van der Waals surface area (Å²) in [6.45, 7) is 0.183. The van der Waals surface area contributed by atoms with Crippen molar-refractivity contribution < 1.29 is 14.6 Å². The van der Waals surface area contributed by atoms with Crippen molar-refractivity contribution in [1.82, 2.24) is 9.97 Å². The summed E-state index contributed by atoms with van der Waals surface area (Å²) in [6, 6.07) is 6.86. The SMILES string of the molecule is COC(=O)c1cncnc1NC[C@H](O)c1ccc(Cl)cc1. The highest BCUT2D eigenvalue weighted by Crippen LogP contribution is 2.18. The van der Waals surface area contributed by atoms with E-state index in [4.69, 9.17) is 11.6 Å². The maximum atomic E-state index is 11.6. The zero-order valence-corrected chi connectivity index (χ0v) is 12.0. The molecule has 0 aliphatic rings. The number of benzene rings is 1. The molecule has 6 nitrogen and oxygen atoms in total. The van der Waals surface area contributed by atoms with Crippen molar-refractivity contribution in [3.05, 3.63) is 52.9 Å². The molecule has 21 heavy (non-hydrogen) atoms. The number of esters is 1. The largest absolute Gasteiger partial charge is 0.465 e. The van der Waals surface area contributed by atoms with Crippen molar-refractivity contribution in [3.63, 3.8) is 0 Å². The number of aromatic nitrogens is 2. The van der Waals surface area contributed by atoms with Crippen molar-refractivity contribution >= 4 is 23.4 Å². The number of methoxy groups -OCH3 is 1. The van der Waals surface area contributed by atoms with Crippen LogP contribution in [0.1, 0.15) is 22.0 Å². The van der Waals surface area contributed by atoms with Gasteiger partial charge in [-0.05, 0) is 17.7 Å². The average Bonchev–Trinajstić information content (AvgIpc) is 2.52. The molecule has 0 amide bonds. The van der Waals surface area contributed by atoms with Gasteiger partial charge in [-0.2, -0.15) is 0 Å². The van der Waals surface area contributed by atoms with E-state index in [2.05, 4.69) is 20.0 Å². The number of aliphatic hydroxyl groups is 1. The summed E-state index contributed by atoms with van der Waals surface area (Å²) in [6.07, 6.45) is 1.90. The van der Waals surface area contributed by atoms with Crippen LogP contribution in [0, 0.1) is 0 Å². The molecule has 0 spiro atoms. The second-order valence-corrected chi connectivity index (χ2v) is 4.66. The van der Waals surface area contributed by atoms with Crippen LogP contribution in [0.15, 0.2) is 36.8 Å². The smallest absolute Gasteiger partial charge is 0.343 e. The quantitative estimate of drug-likeness (QED) is 0.823. The van der Waals surface area contributed by atoms with Gasteiger partial charge in [-0.3, -0.25) is 0 Å². The molecule has 0 bridgehead atoms. The third kappa shape index (κ3) is 3.90. The molecule has 110 valence electrons. The Morgan fingerprint density at radius 1 is 1.43 bits per heavy atom. The third-order valence-electron chi connectivity index (χ3n) is 2.84. The van der Waals surface area contributed by atoms with Gasteiger partial charge < -0.3 is 15.2 Å². The number of carbonyl (C=O) groups is 1. The summed E-state index contributed by atoms with van der Waals surface area (Å²) in [5.41, 5.74) is 0.920. The van der Waals surface area contributed by atoms with Crippen molar-refractivity contribution in [1.29, 1.82) is 0 Å². The van der Waals surface area contributed by atoms with Crippen LogP contribution in [0.2, 0.25) is 5.02 Å². The van der Waals surface area contributed by atoms with Crippen LogP contribution in [-0.4, -0.2) is 34.7 Å². The molecule has 0 radical (unpaired) electrons. The standard InChI is InChI=1S/C14H14ClN3O3/c1-21-14(20)11-6-16-8-18-13(11)17-7-12(19)9-2-4-10(15)5-3-9/h2-6,8,12,19H,7H2,1H3,(H,16,17,18)/t12-/m0/s1. The molecule has 0 unspecified atom stereocenters. The van der Waals surface area contributed by atoms with E-state index in [1.54, 1.807) is 24.3 Å². The van der Waals surface area contributed by atoms with Crippen molar-refractivity contribution in [2.45, 2.75) is 6.10 Å². The molecule has 2 rings (SSSR count). The number of nitrogens with one attached hydrogen (secondary N) is 1. The number of hydrogen-bond donors (Lipinski definition) is 2. The highest BCUT2D eigenvalue weighted by Gasteiger charge is 2.14. The van der Waals surface area contributed by atoms with Crippen LogP contribution < -0.4 is 5.32 Å². The van der Waals surface area contributed by atoms with E-state index in [0.29, 0.717) is 16.4 Å². The fourth-order valence-corrected chi connectivity index (χ4v) is 1.85. The molecule has 0 fully saturated rings. The monoisotopic (exact) mass is 307 g/mol. The van der Waals surface area contributed by atoms with Gasteiger partial charge in [0, 0.05) is 17.8 Å². The van der Waals surface area contributed by atoms with Gasteiger partial charge in [0.25, 0.3) is 0 Å². The Labute approximate surface area is 126 Å². The van der Waals surface area contributed by atoms with Gasteiger partial charge in [0.05, 0.1) is 13.2 Å². The Morgan fingerprint density at radius 3 is 2.81 bits per heavy atom. The maximum absolute atomic E-state index is 11.6. The normalized spacial score (nSPS) is 11.8. The lowest BCUT2D eigenvalue weighted by Gasteiger charge is -2.14. The van der Waals surface area contributed by atoms with E-state index in [9.17, 15) is 9.90 Å². The molecule has 0 aliphatic carbocycles. The summed E-state index contributed by atoms with van der Waals surface area (Å²) in [7, 11) is 1.28. The Bertz CT molecular complexity index is 619. The van der Waals surface area contributed by atoms with E-state index in [1.807, 2.05) is 0 Å². The summed E-state index contributed by atoms with van der Waals surface area (Å²) in [5.74, 6) is -0.232. The summed E-state index contributed by atoms with van der Waals surface area (Å²) in [5, 5.41) is 13.6. The fourth-order valence-electron chi connectivity index (χ4n) is 1.73. The molecular formula is C14H14ClN3O3. The molecule has 2 aromatic rings. The molecular weight excluding hydrogens is 294 g/mol. The van der Waals surface area contributed by atoms with Crippen LogP contribution in [0.25, 0.3) is 0 Å². The Morgan fingerprint density at radius 2 is 2.14 bits per heavy atom.